The molecule has 6 nitrogen and oxygen atoms in total. The number of carbonyl (C=O) groups excluding carboxylic acids is 3. The van der Waals surface area contributed by atoms with Gasteiger partial charge in [0.05, 0.1) is 0 Å². The maximum atomic E-state index is 12.9. The van der Waals surface area contributed by atoms with Crippen LogP contribution in [0.3, 0.4) is 0 Å². The Bertz CT molecular complexity index is 1490. The first-order valence-electron chi connectivity index (χ1n) is 32.2. The fourth-order valence-electron chi connectivity index (χ4n) is 8.95. The van der Waals surface area contributed by atoms with Crippen molar-refractivity contribution in [3.63, 3.8) is 0 Å². The van der Waals surface area contributed by atoms with Gasteiger partial charge in [0.1, 0.15) is 13.2 Å². The van der Waals surface area contributed by atoms with Gasteiger partial charge in [0.25, 0.3) is 0 Å². The van der Waals surface area contributed by atoms with Crippen LogP contribution in [0, 0.1) is 0 Å². The summed E-state index contributed by atoms with van der Waals surface area (Å²) in [4.78, 5) is 38.3. The quantitative estimate of drug-likeness (QED) is 0.0261. The highest BCUT2D eigenvalue weighted by Gasteiger charge is 2.19. The molecule has 0 saturated heterocycles. The third-order valence-corrected chi connectivity index (χ3v) is 13.8. The number of esters is 3. The summed E-state index contributed by atoms with van der Waals surface area (Å²) in [5, 5.41) is 0. The number of allylic oxidation sites excluding steroid dienone is 16. The van der Waals surface area contributed by atoms with E-state index >= 15 is 0 Å². The van der Waals surface area contributed by atoms with Crippen molar-refractivity contribution < 1.29 is 28.6 Å². The Morgan fingerprint density at radius 1 is 0.276 bits per heavy atom. The average Bonchev–Trinajstić information content (AvgIpc) is 3.42. The molecule has 0 aliphatic carbocycles. The van der Waals surface area contributed by atoms with Crippen molar-refractivity contribution in [3.05, 3.63) is 97.2 Å². The summed E-state index contributed by atoms with van der Waals surface area (Å²) in [6.07, 6.45) is 85.5. The van der Waals surface area contributed by atoms with Crippen LogP contribution in [0.1, 0.15) is 310 Å². The van der Waals surface area contributed by atoms with Crippen LogP contribution in [0.5, 0.6) is 0 Å². The SMILES string of the molecule is CC/C=C\C/C=C\C/C=C\CCCCCCCCCC(=O)OC(COC(=O)CCCCCCC/C=C\C/C=C\CCCC)COC(=O)CCCCCCCCCCCCCC/C=C\C/C=C\C/C=C\CCCCCCC. The number of rotatable bonds is 58. The molecule has 76 heavy (non-hydrogen) atoms. The lowest BCUT2D eigenvalue weighted by atomic mass is 10.0. The highest BCUT2D eigenvalue weighted by molar-refractivity contribution is 5.71. The molecule has 0 aromatic rings. The lowest BCUT2D eigenvalue weighted by Gasteiger charge is -2.18. The van der Waals surface area contributed by atoms with Gasteiger partial charge in [0.15, 0.2) is 6.10 Å². The molecule has 0 bridgehead atoms. The van der Waals surface area contributed by atoms with E-state index in [4.69, 9.17) is 14.2 Å². The number of hydrogen-bond donors (Lipinski definition) is 0. The van der Waals surface area contributed by atoms with E-state index in [1.807, 2.05) is 0 Å². The van der Waals surface area contributed by atoms with Crippen LogP contribution in [0.15, 0.2) is 97.2 Å². The van der Waals surface area contributed by atoms with Crippen LogP contribution >= 0.6 is 0 Å². The number of carbonyl (C=O) groups is 3. The molecule has 0 amide bonds. The first-order chi connectivity index (χ1) is 37.5. The van der Waals surface area contributed by atoms with E-state index in [0.717, 1.165) is 122 Å². The van der Waals surface area contributed by atoms with Crippen molar-refractivity contribution in [3.8, 4) is 0 Å². The van der Waals surface area contributed by atoms with Crippen LogP contribution < -0.4 is 0 Å². The van der Waals surface area contributed by atoms with Crippen LogP contribution in [0.4, 0.5) is 0 Å². The topological polar surface area (TPSA) is 78.9 Å². The molecule has 0 spiro atoms. The molecule has 0 fully saturated rings. The van der Waals surface area contributed by atoms with E-state index in [0.29, 0.717) is 19.3 Å². The van der Waals surface area contributed by atoms with Crippen molar-refractivity contribution in [2.24, 2.45) is 0 Å². The molecule has 0 aliphatic heterocycles. The van der Waals surface area contributed by atoms with Gasteiger partial charge in [-0.3, -0.25) is 14.4 Å². The Morgan fingerprint density at radius 2 is 0.526 bits per heavy atom. The summed E-state index contributed by atoms with van der Waals surface area (Å²) < 4.78 is 16.9. The molecule has 436 valence electrons. The lowest BCUT2D eigenvalue weighted by Crippen LogP contribution is -2.30. The molecule has 0 aromatic heterocycles. The minimum atomic E-state index is -0.791. The van der Waals surface area contributed by atoms with Crippen molar-refractivity contribution in [2.45, 2.75) is 316 Å². The molecule has 0 N–H and O–H groups in total. The van der Waals surface area contributed by atoms with E-state index in [2.05, 4.69) is 118 Å². The Labute approximate surface area is 470 Å². The zero-order valence-corrected chi connectivity index (χ0v) is 50.0. The Morgan fingerprint density at radius 3 is 0.842 bits per heavy atom. The molecule has 0 radical (unpaired) electrons. The third kappa shape index (κ3) is 61.2. The van der Waals surface area contributed by atoms with Gasteiger partial charge >= 0.3 is 17.9 Å². The molecule has 1 unspecified atom stereocenters. The van der Waals surface area contributed by atoms with E-state index < -0.39 is 6.10 Å². The average molecular weight is 1060 g/mol. The van der Waals surface area contributed by atoms with Crippen LogP contribution in [-0.2, 0) is 28.6 Å². The predicted octanol–water partition coefficient (Wildman–Crippen LogP) is 22.0. The van der Waals surface area contributed by atoms with Gasteiger partial charge in [-0.15, -0.1) is 0 Å². The Balaban J connectivity index is 4.31. The van der Waals surface area contributed by atoms with Gasteiger partial charge in [-0.25, -0.2) is 0 Å². The second-order valence-electron chi connectivity index (χ2n) is 21.3. The van der Waals surface area contributed by atoms with Gasteiger partial charge < -0.3 is 14.2 Å². The third-order valence-electron chi connectivity index (χ3n) is 13.8. The fourth-order valence-corrected chi connectivity index (χ4v) is 8.95. The summed E-state index contributed by atoms with van der Waals surface area (Å²) >= 11 is 0. The monoisotopic (exact) mass is 1060 g/mol. The molecule has 1 atom stereocenters. The van der Waals surface area contributed by atoms with Crippen molar-refractivity contribution in [1.29, 1.82) is 0 Å². The predicted molar refractivity (Wildman–Crippen MR) is 330 cm³/mol. The Hall–Kier alpha value is -3.67. The number of unbranched alkanes of at least 4 members (excludes halogenated alkanes) is 31. The van der Waals surface area contributed by atoms with E-state index in [9.17, 15) is 14.4 Å². The fraction of sp³-hybridized carbons (Fsp3) is 0.729. The van der Waals surface area contributed by atoms with E-state index in [1.165, 1.54) is 148 Å². The lowest BCUT2D eigenvalue weighted by molar-refractivity contribution is -0.167. The van der Waals surface area contributed by atoms with Crippen molar-refractivity contribution in [2.75, 3.05) is 13.2 Å². The molecule has 0 aromatic carbocycles. The first kappa shape index (κ1) is 72.3. The molecule has 6 heteroatoms. The second-order valence-corrected chi connectivity index (χ2v) is 21.3. The second kappa shape index (κ2) is 63.9. The highest BCUT2D eigenvalue weighted by Crippen LogP contribution is 2.16. The standard InChI is InChI=1S/C70H120O6/c1-4-7-10-13-16-19-22-25-28-30-31-32-33-34-35-36-37-38-39-41-42-45-48-51-54-57-60-63-69(72)75-66-67(65-74-68(71)62-59-56-53-50-47-44-27-24-21-18-15-12-9-6-3)76-70(73)64-61-58-55-52-49-46-43-40-29-26-23-20-17-14-11-8-5-2/h8,11,15,17-18,20,22,24-27,29-31,33-34,67H,4-7,9-10,12-14,16,19,21,23,28,32,35-66H2,1-3H3/b11-8-,18-15-,20-17-,25-22-,27-24-,29-26-,31-30-,34-33-. The molecule has 0 rings (SSSR count). The van der Waals surface area contributed by atoms with Gasteiger partial charge in [-0.05, 0) is 116 Å². The largest absolute Gasteiger partial charge is 0.462 e. The van der Waals surface area contributed by atoms with Crippen LogP contribution in [0.25, 0.3) is 0 Å². The van der Waals surface area contributed by atoms with E-state index in [1.54, 1.807) is 0 Å². The van der Waals surface area contributed by atoms with Crippen molar-refractivity contribution in [1.82, 2.24) is 0 Å². The molecule has 0 heterocycles. The van der Waals surface area contributed by atoms with Gasteiger partial charge in [0, 0.05) is 19.3 Å². The summed E-state index contributed by atoms with van der Waals surface area (Å²) in [5.41, 5.74) is 0. The normalized spacial score (nSPS) is 12.7. The molecular formula is C70H120O6. The maximum Gasteiger partial charge on any atom is 0.306 e. The first-order valence-corrected chi connectivity index (χ1v) is 32.2. The molecular weight excluding hydrogens is 937 g/mol. The maximum absolute atomic E-state index is 12.9. The number of hydrogen-bond acceptors (Lipinski definition) is 6. The molecule has 0 aliphatic rings. The zero-order valence-electron chi connectivity index (χ0n) is 50.0. The van der Waals surface area contributed by atoms with Gasteiger partial charge in [-0.2, -0.15) is 0 Å². The van der Waals surface area contributed by atoms with Gasteiger partial charge in [-0.1, -0.05) is 272 Å². The van der Waals surface area contributed by atoms with Crippen LogP contribution in [0.2, 0.25) is 0 Å². The van der Waals surface area contributed by atoms with Crippen LogP contribution in [-0.4, -0.2) is 37.2 Å². The van der Waals surface area contributed by atoms with Crippen molar-refractivity contribution >= 4 is 17.9 Å². The summed E-state index contributed by atoms with van der Waals surface area (Å²) in [5.74, 6) is -0.904. The zero-order chi connectivity index (χ0) is 55.0. The summed E-state index contributed by atoms with van der Waals surface area (Å²) in [6, 6.07) is 0. The smallest absolute Gasteiger partial charge is 0.306 e. The van der Waals surface area contributed by atoms with E-state index in [-0.39, 0.29) is 31.1 Å². The number of ether oxygens (including phenoxy) is 3. The summed E-state index contributed by atoms with van der Waals surface area (Å²) in [6.45, 7) is 6.48. The Kier molecular flexibility index (Phi) is 60.8. The highest BCUT2D eigenvalue weighted by atomic mass is 16.6. The summed E-state index contributed by atoms with van der Waals surface area (Å²) in [7, 11) is 0. The molecule has 0 saturated carbocycles. The minimum Gasteiger partial charge on any atom is -0.462 e. The minimum absolute atomic E-state index is 0.0866. The van der Waals surface area contributed by atoms with Gasteiger partial charge in [0.2, 0.25) is 0 Å².